The van der Waals surface area contributed by atoms with Gasteiger partial charge in [-0.3, -0.25) is 9.35 Å². The molecule has 4 fully saturated rings. The molecule has 0 radical (unpaired) electrons. The highest BCUT2D eigenvalue weighted by Crippen LogP contribution is 2.55. The molecule has 0 aromatic rings. The highest BCUT2D eigenvalue weighted by molar-refractivity contribution is 7.86. The van der Waals surface area contributed by atoms with E-state index in [2.05, 4.69) is 4.74 Å². The number of Topliss-reactive ketones (excluding diaryl/α,β-unsaturated/α-hetero) is 1. The SMILES string of the molecule is CC(O)(COC(F)(F)C(F)(F)S(=O)(=O)O)C(=O)OC12CC3CC(C1)C(=O)C(C3)C2. The summed E-state index contributed by atoms with van der Waals surface area (Å²) in [6.07, 6.45) is -3.47. The maximum atomic E-state index is 13.4. The molecule has 13 heteroatoms. The van der Waals surface area contributed by atoms with Crippen LogP contribution in [0.4, 0.5) is 17.6 Å². The highest BCUT2D eigenvalue weighted by Gasteiger charge is 2.68. The van der Waals surface area contributed by atoms with Gasteiger partial charge < -0.3 is 14.6 Å². The number of hydrogen-bond donors (Lipinski definition) is 2. The number of ether oxygens (including phenoxy) is 2. The van der Waals surface area contributed by atoms with Gasteiger partial charge >= 0.3 is 27.5 Å². The molecule has 0 aromatic carbocycles. The molecular formula is C16H20F4O8S. The van der Waals surface area contributed by atoms with Gasteiger partial charge in [-0.25, -0.2) is 4.79 Å². The number of aliphatic hydroxyl groups is 1. The zero-order chi connectivity index (χ0) is 22.0. The number of rotatable bonds is 7. The van der Waals surface area contributed by atoms with Crippen molar-refractivity contribution in [2.45, 2.75) is 61.6 Å². The Bertz CT molecular complexity index is 807. The van der Waals surface area contributed by atoms with Crippen molar-refractivity contribution in [2.75, 3.05) is 6.61 Å². The standard InChI is InChI=1S/C16H20F4O8S/c1-13(23,7-27-15(17,18)16(19,20)29(24,25)26)12(22)28-14-4-8-2-9(5-14)11(21)10(3-8)6-14/h8-10,23H,2-7H2,1H3,(H,24,25,26). The van der Waals surface area contributed by atoms with Gasteiger partial charge in [0, 0.05) is 11.8 Å². The first-order valence-corrected chi connectivity index (χ1v) is 10.3. The van der Waals surface area contributed by atoms with E-state index in [-0.39, 0.29) is 36.4 Å². The minimum absolute atomic E-state index is 0.0924. The lowest BCUT2D eigenvalue weighted by molar-refractivity contribution is -0.328. The van der Waals surface area contributed by atoms with Crippen molar-refractivity contribution in [3.05, 3.63) is 0 Å². The first-order chi connectivity index (χ1) is 13.0. The van der Waals surface area contributed by atoms with Crippen molar-refractivity contribution < 1.29 is 54.7 Å². The first-order valence-electron chi connectivity index (χ1n) is 8.86. The Morgan fingerprint density at radius 2 is 1.69 bits per heavy atom. The number of esters is 1. The molecule has 0 spiro atoms. The lowest BCUT2D eigenvalue weighted by Crippen LogP contribution is -2.59. The van der Waals surface area contributed by atoms with Crippen LogP contribution in [0.2, 0.25) is 0 Å². The summed E-state index contributed by atoms with van der Waals surface area (Å²) < 4.78 is 91.3. The van der Waals surface area contributed by atoms with Gasteiger partial charge in [0.1, 0.15) is 11.4 Å². The van der Waals surface area contributed by atoms with Crippen LogP contribution in [-0.2, 0) is 29.2 Å². The normalized spacial score (nSPS) is 34.2. The summed E-state index contributed by atoms with van der Waals surface area (Å²) in [6, 6.07) is 0. The topological polar surface area (TPSA) is 127 Å². The molecule has 3 unspecified atom stereocenters. The Kier molecular flexibility index (Phi) is 5.09. The minimum Gasteiger partial charge on any atom is -0.457 e. The number of carbonyl (C=O) groups is 2. The third-order valence-electron chi connectivity index (χ3n) is 5.88. The number of carbonyl (C=O) groups excluding carboxylic acids is 2. The fraction of sp³-hybridized carbons (Fsp3) is 0.875. The maximum absolute atomic E-state index is 13.4. The summed E-state index contributed by atoms with van der Waals surface area (Å²) in [7, 11) is -6.53. The van der Waals surface area contributed by atoms with Crippen LogP contribution < -0.4 is 0 Å². The first kappa shape index (κ1) is 22.4. The second-order valence-corrected chi connectivity index (χ2v) is 9.85. The Hall–Kier alpha value is -1.31. The predicted molar refractivity (Wildman–Crippen MR) is 85.4 cm³/mol. The van der Waals surface area contributed by atoms with Crippen molar-refractivity contribution in [1.82, 2.24) is 0 Å². The maximum Gasteiger partial charge on any atom is 0.459 e. The summed E-state index contributed by atoms with van der Waals surface area (Å²) >= 11 is 0. The van der Waals surface area contributed by atoms with Crippen molar-refractivity contribution in [1.29, 1.82) is 0 Å². The van der Waals surface area contributed by atoms with Gasteiger partial charge in [0.25, 0.3) is 0 Å². The van der Waals surface area contributed by atoms with Gasteiger partial charge in [0.2, 0.25) is 0 Å². The van der Waals surface area contributed by atoms with Crippen LogP contribution in [0.15, 0.2) is 0 Å². The number of halogens is 4. The van der Waals surface area contributed by atoms with E-state index in [0.29, 0.717) is 26.2 Å². The minimum atomic E-state index is -6.53. The molecule has 0 aliphatic heterocycles. The van der Waals surface area contributed by atoms with Crippen LogP contribution in [-0.4, -0.2) is 59.0 Å². The van der Waals surface area contributed by atoms with E-state index in [4.69, 9.17) is 9.29 Å². The van der Waals surface area contributed by atoms with Crippen molar-refractivity contribution in [2.24, 2.45) is 17.8 Å². The highest BCUT2D eigenvalue weighted by atomic mass is 32.2. The van der Waals surface area contributed by atoms with E-state index in [0.717, 1.165) is 0 Å². The summed E-state index contributed by atoms with van der Waals surface area (Å²) in [5.74, 6) is -1.74. The quantitative estimate of drug-likeness (QED) is 0.341. The van der Waals surface area contributed by atoms with Gasteiger partial charge in [0.05, 0.1) is 6.61 Å². The van der Waals surface area contributed by atoms with Gasteiger partial charge in [-0.2, -0.15) is 26.0 Å². The zero-order valence-electron chi connectivity index (χ0n) is 15.2. The Morgan fingerprint density at radius 3 is 2.17 bits per heavy atom. The molecule has 8 nitrogen and oxygen atoms in total. The molecule has 3 atom stereocenters. The fourth-order valence-corrected chi connectivity index (χ4v) is 4.99. The molecule has 0 aromatic heterocycles. The number of ketones is 1. The van der Waals surface area contributed by atoms with E-state index < -0.39 is 45.3 Å². The van der Waals surface area contributed by atoms with Crippen LogP contribution in [0, 0.1) is 17.8 Å². The van der Waals surface area contributed by atoms with E-state index in [9.17, 15) is 40.7 Å². The van der Waals surface area contributed by atoms with Crippen LogP contribution in [0.3, 0.4) is 0 Å². The lowest BCUT2D eigenvalue weighted by atomic mass is 9.53. The molecule has 4 rings (SSSR count). The number of hydrogen-bond acceptors (Lipinski definition) is 7. The second kappa shape index (κ2) is 6.59. The van der Waals surface area contributed by atoms with Crippen LogP contribution in [0.5, 0.6) is 0 Å². The zero-order valence-corrected chi connectivity index (χ0v) is 16.1. The summed E-state index contributed by atoms with van der Waals surface area (Å²) in [6.45, 7) is -1.04. The predicted octanol–water partition coefficient (Wildman–Crippen LogP) is 1.52. The van der Waals surface area contributed by atoms with E-state index >= 15 is 0 Å². The van der Waals surface area contributed by atoms with Gasteiger partial charge in [-0.1, -0.05) is 0 Å². The molecular weight excluding hydrogens is 428 g/mol. The van der Waals surface area contributed by atoms with E-state index in [1.165, 1.54) is 0 Å². The summed E-state index contributed by atoms with van der Waals surface area (Å²) in [5.41, 5.74) is -3.86. The van der Waals surface area contributed by atoms with Crippen molar-refractivity contribution in [3.63, 3.8) is 0 Å². The molecule has 0 heterocycles. The molecule has 4 bridgehead atoms. The van der Waals surface area contributed by atoms with Crippen LogP contribution >= 0.6 is 0 Å². The summed E-state index contributed by atoms with van der Waals surface area (Å²) in [5, 5.41) is 4.11. The van der Waals surface area contributed by atoms with Gasteiger partial charge in [-0.05, 0) is 44.9 Å². The third-order valence-corrected chi connectivity index (χ3v) is 6.77. The Labute approximate surface area is 163 Å². The molecule has 4 aliphatic rings. The van der Waals surface area contributed by atoms with Crippen LogP contribution in [0.1, 0.15) is 39.0 Å². The molecule has 0 amide bonds. The number of alkyl halides is 4. The summed E-state index contributed by atoms with van der Waals surface area (Å²) in [4.78, 5) is 24.5. The average molecular weight is 448 g/mol. The molecule has 2 N–H and O–H groups in total. The molecule has 29 heavy (non-hydrogen) atoms. The van der Waals surface area contributed by atoms with Gasteiger partial charge in [0.15, 0.2) is 5.60 Å². The van der Waals surface area contributed by atoms with Gasteiger partial charge in [-0.15, -0.1) is 0 Å². The molecule has 4 aliphatic carbocycles. The smallest absolute Gasteiger partial charge is 0.457 e. The monoisotopic (exact) mass is 448 g/mol. The average Bonchev–Trinajstić information content (AvgIpc) is 2.55. The largest absolute Gasteiger partial charge is 0.459 e. The van der Waals surface area contributed by atoms with Crippen molar-refractivity contribution >= 4 is 21.9 Å². The van der Waals surface area contributed by atoms with E-state index in [1.807, 2.05) is 0 Å². The molecule has 4 saturated carbocycles. The lowest BCUT2D eigenvalue weighted by Gasteiger charge is -2.54. The second-order valence-electron chi connectivity index (χ2n) is 8.39. The van der Waals surface area contributed by atoms with Crippen LogP contribution in [0.25, 0.3) is 0 Å². The Morgan fingerprint density at radius 1 is 1.17 bits per heavy atom. The molecule has 166 valence electrons. The van der Waals surface area contributed by atoms with E-state index in [1.54, 1.807) is 0 Å². The van der Waals surface area contributed by atoms with Crippen molar-refractivity contribution in [3.8, 4) is 0 Å². The fourth-order valence-electron chi connectivity index (χ4n) is 4.63. The third kappa shape index (κ3) is 3.77. The Balaban J connectivity index is 1.67. The molecule has 0 saturated heterocycles.